The molecule has 0 saturated heterocycles. The second kappa shape index (κ2) is 40.5. The van der Waals surface area contributed by atoms with Crippen LogP contribution in [0.15, 0.2) is 69.6 Å². The minimum Gasteiger partial charge on any atom is -0.748 e. The summed E-state index contributed by atoms with van der Waals surface area (Å²) in [5, 5.41) is 9.32. The van der Waals surface area contributed by atoms with Gasteiger partial charge in [0.1, 0.15) is 34.8 Å². The summed E-state index contributed by atoms with van der Waals surface area (Å²) in [4.78, 5) is 11.9. The standard InChI is InChI=1S/C59H92N2O24S3/c1-58(2,3)52-46-49(85-55-45-48(11-13-51(52)55)60(17-8-44-87(67,68)69)18-21-75-26-29-79-34-37-83-40-39-81-32-31-77-24-23-73-5)9-6-10-56-59(4,16-7-43-86(64,65)66)53-47-50(88(70,71)72)12-14-54(53)61(56)19-22-76-27-30-80-35-38-84-42-41-82-36-33-78-28-25-74-20-15-57(62)63/h6,9-14,45-47H,7-8,15-44H2,1-5H3,(H3-,62,63,64,65,66,67,68,69,70,71,72)/p-2. The lowest BCUT2D eigenvalue weighted by molar-refractivity contribution is -0.138. The van der Waals surface area contributed by atoms with Crippen molar-refractivity contribution in [2.24, 2.45) is 0 Å². The number of nitrogens with zero attached hydrogens (tertiary/aromatic N) is 2. The molecule has 1 aromatic rings. The van der Waals surface area contributed by atoms with Gasteiger partial charge in [0.05, 0.1) is 183 Å². The number of anilines is 1. The first-order valence-electron chi connectivity index (χ1n) is 29.3. The molecule has 1 atom stereocenters. The van der Waals surface area contributed by atoms with E-state index in [2.05, 4.69) is 20.8 Å². The summed E-state index contributed by atoms with van der Waals surface area (Å²) in [6.07, 6.45) is 5.30. The fourth-order valence-corrected chi connectivity index (χ4v) is 10.7. The molecule has 2 aliphatic heterocycles. The molecule has 1 unspecified atom stereocenters. The monoisotopic (exact) mass is 1310 g/mol. The van der Waals surface area contributed by atoms with Crippen molar-refractivity contribution in [3.8, 4) is 11.3 Å². The molecule has 2 heterocycles. The lowest BCUT2D eigenvalue weighted by Gasteiger charge is -2.30. The molecule has 1 aromatic carbocycles. The van der Waals surface area contributed by atoms with Crippen LogP contribution in [0, 0.1) is 0 Å². The molecule has 0 amide bonds. The fourth-order valence-electron chi connectivity index (χ4n) is 9.24. The van der Waals surface area contributed by atoms with E-state index in [1.54, 1.807) is 32.3 Å². The molecule has 29 heteroatoms. The van der Waals surface area contributed by atoms with E-state index in [4.69, 9.17) is 66.4 Å². The van der Waals surface area contributed by atoms with Crippen LogP contribution < -0.4 is 14.8 Å². The van der Waals surface area contributed by atoms with Gasteiger partial charge in [-0.3, -0.25) is 4.79 Å². The molecular weight excluding hydrogens is 1220 g/mol. The third-order valence-electron chi connectivity index (χ3n) is 13.6. The van der Waals surface area contributed by atoms with E-state index in [9.17, 15) is 43.7 Å². The Bertz CT molecular complexity index is 2960. The second-order valence-corrected chi connectivity index (χ2v) is 25.8. The van der Waals surface area contributed by atoms with Gasteiger partial charge in [0, 0.05) is 60.0 Å². The van der Waals surface area contributed by atoms with Crippen molar-refractivity contribution in [1.29, 1.82) is 0 Å². The lowest BCUT2D eigenvalue weighted by atomic mass is 9.77. The molecule has 3 aliphatic rings. The van der Waals surface area contributed by atoms with E-state index in [1.807, 2.05) is 33.7 Å². The number of methoxy groups -OCH3 is 1. The highest BCUT2D eigenvalue weighted by molar-refractivity contribution is 7.86. The second-order valence-electron chi connectivity index (χ2n) is 21.4. The highest BCUT2D eigenvalue weighted by atomic mass is 32.2. The van der Waals surface area contributed by atoms with E-state index in [0.717, 1.165) is 11.1 Å². The number of ether oxygens (including phenoxy) is 12. The SMILES string of the molecule is COCCOCCOCCOCCOCCOCC[N+](CCCS(=O)(=O)[O-])=c1ccc2c(C(C)(C)C)cc(/C=C/C=C3/N(CCOCCOCCOCCOCCOCCOCCC(=O)O)c4ccc(S(=O)(=O)[O-])cc4C3(C)CCCS(=O)(=O)[O-])oc-2c1. The smallest absolute Gasteiger partial charge is 0.305 e. The molecule has 0 bridgehead atoms. The Morgan fingerprint density at radius 3 is 1.57 bits per heavy atom. The Morgan fingerprint density at radius 1 is 0.614 bits per heavy atom. The Hall–Kier alpha value is -4.35. The van der Waals surface area contributed by atoms with Crippen LogP contribution in [0.4, 0.5) is 5.69 Å². The maximum absolute atomic E-state index is 12.4. The minimum absolute atomic E-state index is 0.0621. The van der Waals surface area contributed by atoms with Gasteiger partial charge in [-0.2, -0.15) is 0 Å². The van der Waals surface area contributed by atoms with Crippen molar-refractivity contribution >= 4 is 48.1 Å². The molecule has 0 radical (unpaired) electrons. The Labute approximate surface area is 518 Å². The maximum Gasteiger partial charge on any atom is 0.305 e. The third-order valence-corrected chi connectivity index (χ3v) is 16.0. The van der Waals surface area contributed by atoms with Crippen LogP contribution >= 0.6 is 0 Å². The molecule has 0 aromatic heterocycles. The molecule has 26 nitrogen and oxygen atoms in total. The molecule has 1 aliphatic carbocycles. The zero-order valence-electron chi connectivity index (χ0n) is 51.4. The number of hydrogen-bond donors (Lipinski definition) is 1. The Balaban J connectivity index is 1.47. The van der Waals surface area contributed by atoms with Crippen molar-refractivity contribution in [2.75, 3.05) is 195 Å². The minimum atomic E-state index is -4.92. The van der Waals surface area contributed by atoms with E-state index in [1.165, 1.54) is 18.2 Å². The quantitative estimate of drug-likeness (QED) is 0.0479. The van der Waals surface area contributed by atoms with Gasteiger partial charge < -0.3 is 84.9 Å². The number of benzene rings is 2. The average molecular weight is 1310 g/mol. The molecule has 500 valence electrons. The van der Waals surface area contributed by atoms with Crippen LogP contribution in [-0.2, 0) is 103 Å². The van der Waals surface area contributed by atoms with E-state index in [-0.39, 0.29) is 78.4 Å². The molecule has 4 rings (SSSR count). The zero-order chi connectivity index (χ0) is 64.3. The van der Waals surface area contributed by atoms with Crippen LogP contribution in [0.2, 0.25) is 0 Å². The van der Waals surface area contributed by atoms with Crippen molar-refractivity contribution in [3.63, 3.8) is 0 Å². The molecule has 0 fully saturated rings. The summed E-state index contributed by atoms with van der Waals surface area (Å²) in [7, 11) is -12.4. The number of rotatable bonds is 50. The summed E-state index contributed by atoms with van der Waals surface area (Å²) in [6, 6.07) is 11.6. The van der Waals surface area contributed by atoms with Crippen molar-refractivity contribution in [1.82, 2.24) is 4.58 Å². The van der Waals surface area contributed by atoms with Gasteiger partial charge in [-0.25, -0.2) is 29.8 Å². The van der Waals surface area contributed by atoms with Gasteiger partial charge in [-0.15, -0.1) is 0 Å². The van der Waals surface area contributed by atoms with Gasteiger partial charge in [0.15, 0.2) is 6.54 Å². The van der Waals surface area contributed by atoms with Gasteiger partial charge in [0.25, 0.3) is 0 Å². The van der Waals surface area contributed by atoms with Crippen LogP contribution in [0.3, 0.4) is 0 Å². The first-order chi connectivity index (χ1) is 41.9. The molecule has 0 spiro atoms. The van der Waals surface area contributed by atoms with Crippen molar-refractivity contribution in [3.05, 3.63) is 82.6 Å². The fraction of sp³-hybridized carbons (Fsp3) is 0.661. The number of allylic oxidation sites excluding steroid dienone is 3. The number of aliphatic carboxylic acids is 1. The van der Waals surface area contributed by atoms with E-state index >= 15 is 0 Å². The maximum atomic E-state index is 12.4. The predicted molar refractivity (Wildman–Crippen MR) is 321 cm³/mol. The van der Waals surface area contributed by atoms with Crippen LogP contribution in [0.1, 0.15) is 70.3 Å². The van der Waals surface area contributed by atoms with Gasteiger partial charge in [-0.1, -0.05) is 26.8 Å². The van der Waals surface area contributed by atoms with Crippen LogP contribution in [-0.4, -0.2) is 240 Å². The number of fused-ring (bicyclic) bond motifs is 2. The summed E-state index contributed by atoms with van der Waals surface area (Å²) >= 11 is 0. The lowest BCUT2D eigenvalue weighted by Crippen LogP contribution is -2.35. The van der Waals surface area contributed by atoms with E-state index in [0.29, 0.717) is 153 Å². The Kier molecular flexibility index (Phi) is 35.0. The largest absolute Gasteiger partial charge is 0.748 e. The van der Waals surface area contributed by atoms with Gasteiger partial charge in [0.2, 0.25) is 5.36 Å². The summed E-state index contributed by atoms with van der Waals surface area (Å²) in [5.74, 6) is -1.21. The highest BCUT2D eigenvalue weighted by Gasteiger charge is 2.43. The number of carboxylic acid groups (broad SMARTS) is 1. The summed E-state index contributed by atoms with van der Waals surface area (Å²) in [5.41, 5.74) is 1.85. The van der Waals surface area contributed by atoms with Crippen LogP contribution in [0.25, 0.3) is 17.4 Å². The normalized spacial score (nSPS) is 15.8. The first-order valence-corrected chi connectivity index (χ1v) is 33.9. The molecule has 88 heavy (non-hydrogen) atoms. The topological polar surface area (TPSA) is 339 Å². The average Bonchev–Trinajstić information content (AvgIpc) is 1.78. The third kappa shape index (κ3) is 30.2. The van der Waals surface area contributed by atoms with Crippen LogP contribution in [0.5, 0.6) is 0 Å². The number of carboxylic acids is 1. The molecule has 0 saturated carbocycles. The highest BCUT2D eigenvalue weighted by Crippen LogP contribution is 2.51. The van der Waals surface area contributed by atoms with E-state index < -0.39 is 63.6 Å². The predicted octanol–water partition coefficient (Wildman–Crippen LogP) is 3.60. The number of carbonyl (C=O) groups is 1. The Morgan fingerprint density at radius 2 is 1.09 bits per heavy atom. The molecule has 1 N–H and O–H groups in total. The van der Waals surface area contributed by atoms with Gasteiger partial charge >= 0.3 is 5.97 Å². The molecular formula is C59H90N2O24S3-2. The number of hydrogen-bond acceptors (Lipinski definition) is 24. The summed E-state index contributed by atoms with van der Waals surface area (Å²) < 4.78 is 182. The summed E-state index contributed by atoms with van der Waals surface area (Å²) in [6.45, 7) is 16.6. The zero-order valence-corrected chi connectivity index (χ0v) is 53.8. The van der Waals surface area contributed by atoms with Crippen molar-refractivity contribution < 1.29 is 110 Å². The first kappa shape index (κ1) is 76.1. The van der Waals surface area contributed by atoms with Crippen molar-refractivity contribution in [2.45, 2.75) is 69.1 Å². The van der Waals surface area contributed by atoms with Gasteiger partial charge in [-0.05, 0) is 78.8 Å².